The van der Waals surface area contributed by atoms with Gasteiger partial charge < -0.3 is 10.6 Å². The maximum Gasteiger partial charge on any atom is 0.405 e. The summed E-state index contributed by atoms with van der Waals surface area (Å²) in [6.07, 6.45) is -2.60. The second-order valence-electron chi connectivity index (χ2n) is 5.77. The summed E-state index contributed by atoms with van der Waals surface area (Å²) in [6, 6.07) is 7.65. The van der Waals surface area contributed by atoms with Gasteiger partial charge in [-0.3, -0.25) is 9.59 Å². The van der Waals surface area contributed by atoms with Gasteiger partial charge in [0.05, 0.1) is 4.88 Å². The lowest BCUT2D eigenvalue weighted by molar-refractivity contribution is -0.123. The number of alkyl halides is 3. The van der Waals surface area contributed by atoms with Crippen LogP contribution in [0.2, 0.25) is 0 Å². The number of carbonyl (C=O) groups is 2. The van der Waals surface area contributed by atoms with Gasteiger partial charge >= 0.3 is 6.18 Å². The number of anilines is 1. The van der Waals surface area contributed by atoms with Crippen LogP contribution in [0, 0.1) is 6.92 Å². The van der Waals surface area contributed by atoms with E-state index in [0.29, 0.717) is 10.6 Å². The molecule has 140 valence electrons. The van der Waals surface area contributed by atoms with Gasteiger partial charge in [0.25, 0.3) is 11.8 Å². The molecule has 1 aromatic heterocycles. The molecule has 26 heavy (non-hydrogen) atoms. The summed E-state index contributed by atoms with van der Waals surface area (Å²) >= 11 is 1.39. The van der Waals surface area contributed by atoms with Crippen molar-refractivity contribution in [3.05, 3.63) is 51.2 Å². The van der Waals surface area contributed by atoms with Crippen LogP contribution >= 0.6 is 11.3 Å². The van der Waals surface area contributed by atoms with Crippen molar-refractivity contribution in [1.29, 1.82) is 0 Å². The van der Waals surface area contributed by atoms with Crippen LogP contribution in [0.5, 0.6) is 0 Å². The van der Waals surface area contributed by atoms with Crippen LogP contribution < -0.4 is 10.6 Å². The minimum Gasteiger partial charge on any atom is -0.343 e. The number of benzene rings is 1. The first kappa shape index (κ1) is 20.0. The highest BCUT2D eigenvalue weighted by Crippen LogP contribution is 2.24. The van der Waals surface area contributed by atoms with Crippen molar-refractivity contribution in [2.45, 2.75) is 32.9 Å². The van der Waals surface area contributed by atoms with Gasteiger partial charge in [-0.15, -0.1) is 11.3 Å². The van der Waals surface area contributed by atoms with E-state index in [0.717, 1.165) is 23.3 Å². The van der Waals surface area contributed by atoms with Crippen LogP contribution in [0.1, 0.15) is 43.8 Å². The summed E-state index contributed by atoms with van der Waals surface area (Å²) in [5, 5.41) is 4.48. The fraction of sp³-hybridized carbons (Fsp3) is 0.333. The molecule has 8 heteroatoms. The number of carbonyl (C=O) groups excluding carboxylic acids is 2. The fourth-order valence-electron chi connectivity index (χ4n) is 2.36. The van der Waals surface area contributed by atoms with Crippen molar-refractivity contribution >= 4 is 28.8 Å². The zero-order valence-corrected chi connectivity index (χ0v) is 15.2. The van der Waals surface area contributed by atoms with Gasteiger partial charge in [0.1, 0.15) is 6.54 Å². The number of thiophene rings is 1. The molecule has 0 atom stereocenters. The van der Waals surface area contributed by atoms with Crippen molar-refractivity contribution in [1.82, 2.24) is 5.32 Å². The Kier molecular flexibility index (Phi) is 6.42. The molecule has 2 aromatic rings. The lowest BCUT2D eigenvalue weighted by Gasteiger charge is -2.09. The van der Waals surface area contributed by atoms with Crippen LogP contribution in [-0.4, -0.2) is 24.5 Å². The van der Waals surface area contributed by atoms with Crippen molar-refractivity contribution in [3.8, 4) is 0 Å². The monoisotopic (exact) mass is 384 g/mol. The van der Waals surface area contributed by atoms with Crippen molar-refractivity contribution in [2.24, 2.45) is 0 Å². The van der Waals surface area contributed by atoms with Gasteiger partial charge in [-0.2, -0.15) is 13.2 Å². The third-order valence-electron chi connectivity index (χ3n) is 3.60. The summed E-state index contributed by atoms with van der Waals surface area (Å²) in [4.78, 5) is 25.8. The molecule has 0 aliphatic heterocycles. The van der Waals surface area contributed by atoms with E-state index < -0.39 is 18.6 Å². The minimum atomic E-state index is -4.48. The number of nitrogens with one attached hydrogen (secondary N) is 2. The Hall–Kier alpha value is -2.35. The van der Waals surface area contributed by atoms with E-state index in [9.17, 15) is 22.8 Å². The summed E-state index contributed by atoms with van der Waals surface area (Å²) < 4.78 is 36.6. The predicted octanol–water partition coefficient (Wildman–Crippen LogP) is 4.55. The zero-order valence-electron chi connectivity index (χ0n) is 14.4. The van der Waals surface area contributed by atoms with Crippen LogP contribution in [0.3, 0.4) is 0 Å². The second kappa shape index (κ2) is 8.35. The van der Waals surface area contributed by atoms with Crippen LogP contribution in [-0.2, 0) is 6.42 Å². The molecule has 2 amide bonds. The Morgan fingerprint density at radius 3 is 2.54 bits per heavy atom. The molecular weight excluding hydrogens is 365 g/mol. The highest BCUT2D eigenvalue weighted by molar-refractivity contribution is 7.14. The molecule has 0 bridgehead atoms. The maximum absolute atomic E-state index is 12.4. The lowest BCUT2D eigenvalue weighted by Crippen LogP contribution is -2.33. The highest BCUT2D eigenvalue weighted by Gasteiger charge is 2.27. The van der Waals surface area contributed by atoms with Gasteiger partial charge in [-0.25, -0.2) is 0 Å². The Morgan fingerprint density at radius 2 is 1.88 bits per heavy atom. The molecule has 0 spiro atoms. The lowest BCUT2D eigenvalue weighted by atomic mass is 10.1. The van der Waals surface area contributed by atoms with Gasteiger partial charge in [-0.05, 0) is 43.2 Å². The smallest absolute Gasteiger partial charge is 0.343 e. The maximum atomic E-state index is 12.4. The molecule has 0 fully saturated rings. The number of hydrogen-bond acceptors (Lipinski definition) is 3. The summed E-state index contributed by atoms with van der Waals surface area (Å²) in [7, 11) is 0. The molecule has 1 heterocycles. The molecule has 0 aliphatic carbocycles. The van der Waals surface area contributed by atoms with Crippen molar-refractivity contribution in [2.75, 3.05) is 11.9 Å². The Morgan fingerprint density at radius 1 is 1.15 bits per heavy atom. The molecule has 2 N–H and O–H groups in total. The van der Waals surface area contributed by atoms with E-state index in [1.54, 1.807) is 11.4 Å². The Balaban J connectivity index is 2.07. The summed E-state index contributed by atoms with van der Waals surface area (Å²) in [6.45, 7) is 2.61. The summed E-state index contributed by atoms with van der Waals surface area (Å²) in [5.41, 5.74) is 1.52. The third kappa shape index (κ3) is 5.59. The first-order chi connectivity index (χ1) is 12.2. The Labute approximate surface area is 153 Å². The van der Waals surface area contributed by atoms with E-state index >= 15 is 0 Å². The van der Waals surface area contributed by atoms with Crippen molar-refractivity contribution in [3.63, 3.8) is 0 Å². The van der Waals surface area contributed by atoms with Crippen LogP contribution in [0.4, 0.5) is 18.9 Å². The standard InChI is InChI=1S/C18H19F3N2O2S/c1-3-5-12-9-15(26-11(12)2)17(25)23-14-7-4-6-13(8-14)16(24)22-10-18(19,20)21/h4,6-9H,3,5,10H2,1-2H3,(H,22,24)(H,23,25). The topological polar surface area (TPSA) is 58.2 Å². The molecular formula is C18H19F3N2O2S. The summed E-state index contributed by atoms with van der Waals surface area (Å²) in [5.74, 6) is -1.16. The number of rotatable bonds is 6. The van der Waals surface area contributed by atoms with E-state index in [4.69, 9.17) is 0 Å². The van der Waals surface area contributed by atoms with Gasteiger partial charge in [0, 0.05) is 16.1 Å². The second-order valence-corrected chi connectivity index (χ2v) is 7.03. The number of halogens is 3. The molecule has 4 nitrogen and oxygen atoms in total. The molecule has 2 rings (SSSR count). The average molecular weight is 384 g/mol. The van der Waals surface area contributed by atoms with Gasteiger partial charge in [0.2, 0.25) is 0 Å². The van der Waals surface area contributed by atoms with E-state index in [2.05, 4.69) is 12.2 Å². The average Bonchev–Trinajstić information content (AvgIpc) is 2.94. The van der Waals surface area contributed by atoms with Gasteiger partial charge in [0.15, 0.2) is 0 Å². The van der Waals surface area contributed by atoms with Gasteiger partial charge in [-0.1, -0.05) is 19.4 Å². The quantitative estimate of drug-likeness (QED) is 0.767. The molecule has 0 aliphatic rings. The largest absolute Gasteiger partial charge is 0.405 e. The predicted molar refractivity (Wildman–Crippen MR) is 95.8 cm³/mol. The molecule has 1 aromatic carbocycles. The number of hydrogen-bond donors (Lipinski definition) is 2. The van der Waals surface area contributed by atoms with Crippen LogP contribution in [0.15, 0.2) is 30.3 Å². The highest BCUT2D eigenvalue weighted by atomic mass is 32.1. The molecule has 0 saturated heterocycles. The third-order valence-corrected chi connectivity index (χ3v) is 4.69. The fourth-order valence-corrected chi connectivity index (χ4v) is 3.33. The number of aryl methyl sites for hydroxylation is 2. The van der Waals surface area contributed by atoms with E-state index in [-0.39, 0.29) is 11.5 Å². The van der Waals surface area contributed by atoms with Crippen LogP contribution in [0.25, 0.3) is 0 Å². The minimum absolute atomic E-state index is 0.0427. The molecule has 0 unspecified atom stereocenters. The SMILES string of the molecule is CCCc1cc(C(=O)Nc2cccc(C(=O)NCC(F)(F)F)c2)sc1C. The van der Waals surface area contributed by atoms with E-state index in [1.807, 2.05) is 13.0 Å². The number of amides is 2. The zero-order chi connectivity index (χ0) is 19.3. The molecule has 0 radical (unpaired) electrons. The Bertz CT molecular complexity index is 800. The first-order valence-electron chi connectivity index (χ1n) is 8.05. The normalized spacial score (nSPS) is 11.3. The van der Waals surface area contributed by atoms with E-state index in [1.165, 1.54) is 29.5 Å². The first-order valence-corrected chi connectivity index (χ1v) is 8.87. The molecule has 0 saturated carbocycles. The van der Waals surface area contributed by atoms with Crippen molar-refractivity contribution < 1.29 is 22.8 Å².